The van der Waals surface area contributed by atoms with Crippen molar-refractivity contribution in [2.24, 2.45) is 11.0 Å². The summed E-state index contributed by atoms with van der Waals surface area (Å²) in [5.41, 5.74) is 9.21. The number of azide groups is 1. The first-order valence-corrected chi connectivity index (χ1v) is 7.07. The fourth-order valence-electron chi connectivity index (χ4n) is 2.60. The molecular formula is C15H16F2N4O. The quantitative estimate of drug-likeness (QED) is 0.468. The van der Waals surface area contributed by atoms with Gasteiger partial charge in [0.05, 0.1) is 11.6 Å². The van der Waals surface area contributed by atoms with E-state index < -0.39 is 18.4 Å². The number of nitriles is 1. The first-order chi connectivity index (χ1) is 10.7. The lowest BCUT2D eigenvalue weighted by molar-refractivity contribution is 0.0214. The summed E-state index contributed by atoms with van der Waals surface area (Å²) in [4.78, 5) is 2.59. The Morgan fingerprint density at radius 1 is 1.27 bits per heavy atom. The first-order valence-electron chi connectivity index (χ1n) is 7.07. The fourth-order valence-corrected chi connectivity index (χ4v) is 2.60. The zero-order valence-electron chi connectivity index (χ0n) is 11.9. The van der Waals surface area contributed by atoms with Crippen molar-refractivity contribution >= 4 is 0 Å². The lowest BCUT2D eigenvalue weighted by Gasteiger charge is -2.30. The maximum absolute atomic E-state index is 14.6. The maximum atomic E-state index is 14.6. The fraction of sp³-hybridized carbons (Fsp3) is 0.533. The lowest BCUT2D eigenvalue weighted by atomic mass is 9.87. The molecule has 2 rings (SSSR count). The zero-order chi connectivity index (χ0) is 15.9. The summed E-state index contributed by atoms with van der Waals surface area (Å²) in [7, 11) is 0. The van der Waals surface area contributed by atoms with Crippen LogP contribution in [-0.4, -0.2) is 25.4 Å². The Bertz CT molecular complexity index is 574. The molecule has 0 spiro atoms. The summed E-state index contributed by atoms with van der Waals surface area (Å²) in [6, 6.07) is 6.26. The number of rotatable bonds is 5. The monoisotopic (exact) mass is 306 g/mol. The van der Waals surface area contributed by atoms with Crippen LogP contribution in [-0.2, 0) is 4.74 Å². The minimum Gasteiger partial charge on any atom is -0.381 e. The molecule has 1 aliphatic rings. The highest BCUT2D eigenvalue weighted by molar-refractivity contribution is 5.33. The van der Waals surface area contributed by atoms with Gasteiger partial charge in [-0.25, -0.2) is 8.78 Å². The second-order valence-electron chi connectivity index (χ2n) is 5.23. The highest BCUT2D eigenvalue weighted by atomic mass is 19.1. The van der Waals surface area contributed by atoms with E-state index in [-0.39, 0.29) is 11.5 Å². The number of halogens is 2. The van der Waals surface area contributed by atoms with Gasteiger partial charge < -0.3 is 4.74 Å². The van der Waals surface area contributed by atoms with Crippen LogP contribution in [0.5, 0.6) is 0 Å². The van der Waals surface area contributed by atoms with Crippen LogP contribution < -0.4 is 0 Å². The highest BCUT2D eigenvalue weighted by Gasteiger charge is 2.36. The minimum atomic E-state index is -1.75. The Hall–Kier alpha value is -2.16. The van der Waals surface area contributed by atoms with Gasteiger partial charge in [0.25, 0.3) is 0 Å². The van der Waals surface area contributed by atoms with E-state index in [4.69, 9.17) is 15.5 Å². The number of hydrogen-bond donors (Lipinski definition) is 0. The number of nitrogens with zero attached hydrogens (tertiary/aromatic N) is 4. The van der Waals surface area contributed by atoms with Gasteiger partial charge in [0, 0.05) is 18.1 Å². The number of alkyl halides is 2. The zero-order valence-corrected chi connectivity index (χ0v) is 11.9. The van der Waals surface area contributed by atoms with Gasteiger partial charge in [-0.15, -0.1) is 0 Å². The largest absolute Gasteiger partial charge is 0.381 e. The van der Waals surface area contributed by atoms with Gasteiger partial charge in [0.1, 0.15) is 18.4 Å². The molecule has 0 aliphatic carbocycles. The summed E-state index contributed by atoms with van der Waals surface area (Å²) in [6.45, 7) is 0.865. The van der Waals surface area contributed by atoms with E-state index in [9.17, 15) is 8.78 Å². The lowest BCUT2D eigenvalue weighted by Crippen LogP contribution is -2.35. The Morgan fingerprint density at radius 3 is 2.45 bits per heavy atom. The van der Waals surface area contributed by atoms with Crippen LogP contribution in [0.3, 0.4) is 0 Å². The van der Waals surface area contributed by atoms with Gasteiger partial charge in [-0.1, -0.05) is 17.2 Å². The number of benzene rings is 1. The molecule has 0 radical (unpaired) electrons. The molecule has 0 aromatic heterocycles. The van der Waals surface area contributed by atoms with Crippen molar-refractivity contribution < 1.29 is 13.5 Å². The Balaban J connectivity index is 2.18. The molecule has 0 bridgehead atoms. The summed E-state index contributed by atoms with van der Waals surface area (Å²) < 4.78 is 34.4. The molecule has 0 unspecified atom stereocenters. The highest BCUT2D eigenvalue weighted by Crippen LogP contribution is 2.33. The summed E-state index contributed by atoms with van der Waals surface area (Å²) >= 11 is 0. The second kappa shape index (κ2) is 7.74. The van der Waals surface area contributed by atoms with Crippen molar-refractivity contribution in [1.29, 1.82) is 5.26 Å². The van der Waals surface area contributed by atoms with Crippen molar-refractivity contribution in [2.45, 2.75) is 31.2 Å². The van der Waals surface area contributed by atoms with Gasteiger partial charge in [0.2, 0.25) is 0 Å². The molecule has 22 heavy (non-hydrogen) atoms. The minimum absolute atomic E-state index is 0.200. The molecule has 0 saturated carbocycles. The van der Waals surface area contributed by atoms with Crippen LogP contribution in [0, 0.1) is 17.2 Å². The predicted octanol–water partition coefficient (Wildman–Crippen LogP) is 4.01. The summed E-state index contributed by atoms with van der Waals surface area (Å²) in [5.74, 6) is -0.374. The molecule has 3 atom stereocenters. The van der Waals surface area contributed by atoms with Gasteiger partial charge in [-0.2, -0.15) is 5.26 Å². The third-order valence-corrected chi connectivity index (χ3v) is 3.89. The topological polar surface area (TPSA) is 81.8 Å². The number of hydrogen-bond acceptors (Lipinski definition) is 3. The molecule has 1 aromatic rings. The van der Waals surface area contributed by atoms with Crippen LogP contribution >= 0.6 is 0 Å². The Labute approximate surface area is 127 Å². The van der Waals surface area contributed by atoms with E-state index in [2.05, 4.69) is 10.0 Å². The van der Waals surface area contributed by atoms with Crippen LogP contribution in [0.2, 0.25) is 0 Å². The molecule has 1 heterocycles. The van der Waals surface area contributed by atoms with E-state index in [0.717, 1.165) is 0 Å². The van der Waals surface area contributed by atoms with Crippen LogP contribution in [0.25, 0.3) is 10.4 Å². The first kappa shape index (κ1) is 16.2. The molecule has 0 N–H and O–H groups in total. The molecule has 1 fully saturated rings. The van der Waals surface area contributed by atoms with E-state index in [1.807, 2.05) is 6.07 Å². The molecule has 1 aliphatic heterocycles. The SMILES string of the molecule is N#Cc1ccc([C@H](F)[C@@H](N=[N+]=[N-])[C@H](F)C2CCOCC2)cc1. The molecular weight excluding hydrogens is 290 g/mol. The molecule has 1 aromatic carbocycles. The third-order valence-electron chi connectivity index (χ3n) is 3.89. The van der Waals surface area contributed by atoms with Crippen LogP contribution in [0.1, 0.15) is 30.1 Å². The third kappa shape index (κ3) is 3.73. The predicted molar refractivity (Wildman–Crippen MR) is 76.4 cm³/mol. The molecule has 5 nitrogen and oxygen atoms in total. The molecule has 7 heteroatoms. The van der Waals surface area contributed by atoms with E-state index in [1.165, 1.54) is 24.3 Å². The van der Waals surface area contributed by atoms with Crippen molar-refractivity contribution in [2.75, 3.05) is 13.2 Å². The molecule has 116 valence electrons. The smallest absolute Gasteiger partial charge is 0.136 e. The van der Waals surface area contributed by atoms with Gasteiger partial charge in [-0.3, -0.25) is 0 Å². The van der Waals surface area contributed by atoms with Crippen molar-refractivity contribution in [3.63, 3.8) is 0 Å². The standard InChI is InChI=1S/C15H16F2N4O/c16-13(11-3-1-10(9-18)2-4-11)15(20-21-19)14(17)12-5-7-22-8-6-12/h1-4,12-15H,5-8H2/t13-,14+,15+/m0/s1. The van der Waals surface area contributed by atoms with Crippen molar-refractivity contribution in [3.8, 4) is 6.07 Å². The van der Waals surface area contributed by atoms with Gasteiger partial charge in [-0.05, 0) is 42.0 Å². The Morgan fingerprint density at radius 2 is 1.91 bits per heavy atom. The van der Waals surface area contributed by atoms with Crippen molar-refractivity contribution in [1.82, 2.24) is 0 Å². The number of ether oxygens (including phenoxy) is 1. The summed E-state index contributed by atoms with van der Waals surface area (Å²) in [6.07, 6.45) is -2.34. The normalized spacial score (nSPS) is 19.5. The maximum Gasteiger partial charge on any atom is 0.136 e. The molecule has 1 saturated heterocycles. The van der Waals surface area contributed by atoms with Crippen LogP contribution in [0.15, 0.2) is 29.4 Å². The van der Waals surface area contributed by atoms with Gasteiger partial charge >= 0.3 is 0 Å². The Kier molecular flexibility index (Phi) is 5.70. The molecule has 0 amide bonds. The van der Waals surface area contributed by atoms with E-state index in [0.29, 0.717) is 31.6 Å². The van der Waals surface area contributed by atoms with Gasteiger partial charge in [0.15, 0.2) is 0 Å². The van der Waals surface area contributed by atoms with E-state index in [1.54, 1.807) is 0 Å². The summed E-state index contributed by atoms with van der Waals surface area (Å²) in [5, 5.41) is 12.1. The average molecular weight is 306 g/mol. The second-order valence-corrected chi connectivity index (χ2v) is 5.23. The average Bonchev–Trinajstić information content (AvgIpc) is 2.59. The van der Waals surface area contributed by atoms with Crippen molar-refractivity contribution in [3.05, 3.63) is 45.8 Å². The van der Waals surface area contributed by atoms with Crippen LogP contribution in [0.4, 0.5) is 8.78 Å². The van der Waals surface area contributed by atoms with E-state index >= 15 is 0 Å².